The normalized spacial score (nSPS) is 7.90. The van der Waals surface area contributed by atoms with E-state index < -0.39 is 0 Å². The van der Waals surface area contributed by atoms with Crippen LogP contribution in [0.25, 0.3) is 0 Å². The number of halogens is 1. The van der Waals surface area contributed by atoms with E-state index in [0.29, 0.717) is 4.80 Å². The van der Waals surface area contributed by atoms with Crippen LogP contribution in [-0.4, -0.2) is 4.57 Å². The van der Waals surface area contributed by atoms with Gasteiger partial charge in [-0.2, -0.15) is 5.26 Å². The number of nitrogens with one attached hydrogen (secondary N) is 1. The summed E-state index contributed by atoms with van der Waals surface area (Å²) in [5, 5.41) is 17.2. The standard InChI is InChI=1S/C5H5N3S.ClH/c6-1-2-8-3-4-9-5(8)7;/h3-4,7H,2H2;1H. The zero-order valence-corrected chi connectivity index (χ0v) is 6.71. The second-order valence-electron chi connectivity index (χ2n) is 1.49. The molecule has 5 heteroatoms. The van der Waals surface area contributed by atoms with Gasteiger partial charge in [0.05, 0.1) is 6.07 Å². The molecule has 1 rings (SSSR count). The van der Waals surface area contributed by atoms with Gasteiger partial charge >= 0.3 is 0 Å². The molecule has 0 aromatic carbocycles. The van der Waals surface area contributed by atoms with E-state index in [1.165, 1.54) is 11.3 Å². The Kier molecular flexibility index (Phi) is 3.77. The molecule has 1 heterocycles. The molecule has 10 heavy (non-hydrogen) atoms. The predicted octanol–water partition coefficient (Wildman–Crippen LogP) is 0.974. The van der Waals surface area contributed by atoms with Crippen LogP contribution >= 0.6 is 23.7 Å². The summed E-state index contributed by atoms with van der Waals surface area (Å²) in [7, 11) is 0. The molecule has 54 valence electrons. The van der Waals surface area contributed by atoms with Crippen molar-refractivity contribution >= 4 is 23.7 Å². The number of nitriles is 1. The third-order valence-corrected chi connectivity index (χ3v) is 1.64. The number of rotatable bonds is 1. The fourth-order valence-corrected chi connectivity index (χ4v) is 1.10. The zero-order valence-electron chi connectivity index (χ0n) is 5.07. The third kappa shape index (κ3) is 1.87. The molecule has 3 nitrogen and oxygen atoms in total. The Morgan fingerprint density at radius 3 is 2.90 bits per heavy atom. The van der Waals surface area contributed by atoms with Crippen LogP contribution in [0.5, 0.6) is 0 Å². The van der Waals surface area contributed by atoms with Gasteiger partial charge < -0.3 is 4.57 Å². The van der Waals surface area contributed by atoms with Gasteiger partial charge in [-0.15, -0.1) is 23.7 Å². The molecule has 0 spiro atoms. The molecule has 0 fully saturated rings. The fourth-order valence-electron chi connectivity index (χ4n) is 0.504. The maximum Gasteiger partial charge on any atom is 0.182 e. The van der Waals surface area contributed by atoms with Crippen molar-refractivity contribution < 1.29 is 0 Å². The van der Waals surface area contributed by atoms with Crippen molar-refractivity contribution in [1.29, 1.82) is 10.7 Å². The highest BCUT2D eigenvalue weighted by atomic mass is 35.5. The van der Waals surface area contributed by atoms with Gasteiger partial charge in [-0.1, -0.05) is 0 Å². The van der Waals surface area contributed by atoms with E-state index in [0.717, 1.165) is 0 Å². The lowest BCUT2D eigenvalue weighted by Crippen LogP contribution is -2.10. The molecule has 0 amide bonds. The van der Waals surface area contributed by atoms with Gasteiger partial charge in [0.2, 0.25) is 0 Å². The van der Waals surface area contributed by atoms with Crippen molar-refractivity contribution in [3.8, 4) is 6.07 Å². The smallest absolute Gasteiger partial charge is 0.182 e. The van der Waals surface area contributed by atoms with Crippen LogP contribution in [0.3, 0.4) is 0 Å². The Bertz CT molecular complexity index is 282. The minimum atomic E-state index is 0. The summed E-state index contributed by atoms with van der Waals surface area (Å²) in [5.74, 6) is 0. The molecular weight excluding hydrogens is 170 g/mol. The first kappa shape index (κ1) is 9.21. The molecule has 1 aromatic rings. The van der Waals surface area contributed by atoms with Crippen LogP contribution < -0.4 is 4.80 Å². The molecule has 0 aliphatic rings. The van der Waals surface area contributed by atoms with E-state index >= 15 is 0 Å². The molecule has 0 aliphatic carbocycles. The number of hydrogen-bond donors (Lipinski definition) is 1. The Labute approximate surface area is 68.5 Å². The highest BCUT2D eigenvalue weighted by Gasteiger charge is 1.87. The molecule has 0 unspecified atom stereocenters. The van der Waals surface area contributed by atoms with Crippen molar-refractivity contribution in [2.24, 2.45) is 0 Å². The summed E-state index contributed by atoms with van der Waals surface area (Å²) in [6, 6.07) is 1.96. The molecule has 0 atom stereocenters. The second-order valence-corrected chi connectivity index (χ2v) is 2.39. The van der Waals surface area contributed by atoms with Crippen LogP contribution in [-0.2, 0) is 6.54 Å². The Morgan fingerprint density at radius 1 is 1.80 bits per heavy atom. The zero-order chi connectivity index (χ0) is 6.69. The van der Waals surface area contributed by atoms with Crippen LogP contribution in [0.2, 0.25) is 0 Å². The van der Waals surface area contributed by atoms with Gasteiger partial charge in [-0.3, -0.25) is 5.41 Å². The first-order valence-corrected chi connectivity index (χ1v) is 3.28. The number of thiazole rings is 1. The van der Waals surface area contributed by atoms with Crippen LogP contribution in [0, 0.1) is 16.7 Å². The number of nitrogens with zero attached hydrogens (tertiary/aromatic N) is 2. The summed E-state index contributed by atoms with van der Waals surface area (Å²) < 4.78 is 1.59. The van der Waals surface area contributed by atoms with Gasteiger partial charge in [0.25, 0.3) is 0 Å². The minimum absolute atomic E-state index is 0. The maximum absolute atomic E-state index is 8.21. The number of aromatic nitrogens is 1. The van der Waals surface area contributed by atoms with E-state index in [1.807, 2.05) is 6.07 Å². The summed E-state index contributed by atoms with van der Waals surface area (Å²) in [4.78, 5) is 0.427. The van der Waals surface area contributed by atoms with Crippen molar-refractivity contribution in [3.63, 3.8) is 0 Å². The van der Waals surface area contributed by atoms with Gasteiger partial charge in [0, 0.05) is 11.6 Å². The van der Waals surface area contributed by atoms with Crippen LogP contribution in [0.15, 0.2) is 11.6 Å². The van der Waals surface area contributed by atoms with E-state index in [9.17, 15) is 0 Å². The topological polar surface area (TPSA) is 52.6 Å². The molecule has 0 aliphatic heterocycles. The van der Waals surface area contributed by atoms with Crippen molar-refractivity contribution in [2.45, 2.75) is 6.54 Å². The first-order valence-electron chi connectivity index (χ1n) is 2.40. The third-order valence-electron chi connectivity index (χ3n) is 0.922. The monoisotopic (exact) mass is 175 g/mol. The van der Waals surface area contributed by atoms with Crippen LogP contribution in [0.1, 0.15) is 0 Å². The molecular formula is C5H6ClN3S. The molecule has 0 radical (unpaired) electrons. The SMILES string of the molecule is Cl.N#CCn1ccsc1=N. The Hall–Kier alpha value is -0.790. The average Bonchev–Trinajstić information content (AvgIpc) is 2.18. The fraction of sp³-hybridized carbons (Fsp3) is 0.200. The minimum Gasteiger partial charge on any atom is -0.310 e. The molecule has 0 saturated carbocycles. The maximum atomic E-state index is 8.21. The summed E-state index contributed by atoms with van der Waals surface area (Å²) in [6.45, 7) is 0.280. The van der Waals surface area contributed by atoms with Crippen molar-refractivity contribution in [3.05, 3.63) is 16.4 Å². The van der Waals surface area contributed by atoms with E-state index in [-0.39, 0.29) is 19.0 Å². The Balaban J connectivity index is 0.000000810. The van der Waals surface area contributed by atoms with Gasteiger partial charge in [-0.05, 0) is 0 Å². The van der Waals surface area contributed by atoms with E-state index in [2.05, 4.69) is 0 Å². The summed E-state index contributed by atoms with van der Waals surface area (Å²) in [5.41, 5.74) is 0. The average molecular weight is 176 g/mol. The Morgan fingerprint density at radius 2 is 2.50 bits per heavy atom. The highest BCUT2D eigenvalue weighted by Crippen LogP contribution is 1.86. The first-order chi connectivity index (χ1) is 4.34. The van der Waals surface area contributed by atoms with E-state index in [4.69, 9.17) is 10.7 Å². The van der Waals surface area contributed by atoms with Crippen molar-refractivity contribution in [1.82, 2.24) is 4.57 Å². The molecule has 0 saturated heterocycles. The van der Waals surface area contributed by atoms with E-state index in [1.54, 1.807) is 16.1 Å². The quantitative estimate of drug-likeness (QED) is 0.680. The predicted molar refractivity (Wildman–Crippen MR) is 41.0 cm³/mol. The van der Waals surface area contributed by atoms with Gasteiger partial charge in [0.1, 0.15) is 6.54 Å². The molecule has 0 bridgehead atoms. The largest absolute Gasteiger partial charge is 0.310 e. The highest BCUT2D eigenvalue weighted by molar-refractivity contribution is 7.06. The number of hydrogen-bond acceptors (Lipinski definition) is 3. The lowest BCUT2D eigenvalue weighted by atomic mass is 10.7. The van der Waals surface area contributed by atoms with Crippen molar-refractivity contribution in [2.75, 3.05) is 0 Å². The lowest BCUT2D eigenvalue weighted by molar-refractivity contribution is 0.788. The molecule has 1 aromatic heterocycles. The second kappa shape index (κ2) is 4.09. The molecule has 1 N–H and O–H groups in total. The van der Waals surface area contributed by atoms with Gasteiger partial charge in [0.15, 0.2) is 4.80 Å². The lowest BCUT2D eigenvalue weighted by Gasteiger charge is -1.87. The summed E-state index contributed by atoms with van der Waals surface area (Å²) >= 11 is 1.32. The summed E-state index contributed by atoms with van der Waals surface area (Å²) in [6.07, 6.45) is 1.73. The van der Waals surface area contributed by atoms with Gasteiger partial charge in [-0.25, -0.2) is 0 Å². The van der Waals surface area contributed by atoms with Crippen LogP contribution in [0.4, 0.5) is 0 Å².